The standard InChI is InChI=1S/C26H21ClN2O5/c1-16-23(28-26(32)33-14-13-18-5-2-3-8-22(18)27)24(29-34-16)19-11-9-17(10-12-19)20-6-4-7-21(15-20)25(30)31/h2-12,15H,13-14H2,1H3,(H,28,32)(H,30,31). The molecule has 0 radical (unpaired) electrons. The lowest BCUT2D eigenvalue weighted by molar-refractivity contribution is 0.0697. The molecule has 3 aromatic carbocycles. The largest absolute Gasteiger partial charge is 0.478 e. The first-order valence-corrected chi connectivity index (χ1v) is 10.9. The molecule has 0 saturated carbocycles. The number of anilines is 1. The van der Waals surface area contributed by atoms with Crippen molar-refractivity contribution in [3.8, 4) is 22.4 Å². The smallest absolute Gasteiger partial charge is 0.411 e. The number of hydrogen-bond acceptors (Lipinski definition) is 5. The summed E-state index contributed by atoms with van der Waals surface area (Å²) in [5, 5.41) is 16.6. The quantitative estimate of drug-likeness (QED) is 0.317. The second-order valence-corrected chi connectivity index (χ2v) is 7.94. The van der Waals surface area contributed by atoms with Gasteiger partial charge in [0.2, 0.25) is 0 Å². The molecule has 0 aliphatic heterocycles. The summed E-state index contributed by atoms with van der Waals surface area (Å²) in [6, 6.07) is 21.5. The zero-order chi connectivity index (χ0) is 24.1. The Bertz CT molecular complexity index is 1330. The number of hydrogen-bond donors (Lipinski definition) is 2. The number of aryl methyl sites for hydroxylation is 1. The molecule has 0 fully saturated rings. The van der Waals surface area contributed by atoms with E-state index in [9.17, 15) is 14.7 Å². The maximum absolute atomic E-state index is 12.4. The lowest BCUT2D eigenvalue weighted by atomic mass is 10.0. The predicted octanol–water partition coefficient (Wildman–Crippen LogP) is 6.46. The summed E-state index contributed by atoms with van der Waals surface area (Å²) >= 11 is 6.13. The molecular weight excluding hydrogens is 456 g/mol. The number of aromatic carboxylic acids is 1. The number of benzene rings is 3. The number of nitrogens with one attached hydrogen (secondary N) is 1. The van der Waals surface area contributed by atoms with Crippen LogP contribution in [0.5, 0.6) is 0 Å². The van der Waals surface area contributed by atoms with Crippen molar-refractivity contribution < 1.29 is 24.0 Å². The first kappa shape index (κ1) is 23.1. The summed E-state index contributed by atoms with van der Waals surface area (Å²) in [6.07, 6.45) is -0.130. The number of carbonyl (C=O) groups is 2. The number of carboxylic acids is 1. The Hall–Kier alpha value is -4.10. The molecular formula is C26H21ClN2O5. The van der Waals surface area contributed by atoms with Crippen LogP contribution in [0.15, 0.2) is 77.3 Å². The summed E-state index contributed by atoms with van der Waals surface area (Å²) in [6.45, 7) is 1.86. The molecule has 0 spiro atoms. The minimum absolute atomic E-state index is 0.166. The van der Waals surface area contributed by atoms with Crippen LogP contribution in [-0.4, -0.2) is 28.9 Å². The fourth-order valence-corrected chi connectivity index (χ4v) is 3.69. The highest BCUT2D eigenvalue weighted by molar-refractivity contribution is 6.31. The lowest BCUT2D eigenvalue weighted by Gasteiger charge is -2.09. The van der Waals surface area contributed by atoms with Gasteiger partial charge in [-0.15, -0.1) is 0 Å². The average Bonchev–Trinajstić information content (AvgIpc) is 3.20. The van der Waals surface area contributed by atoms with E-state index in [2.05, 4.69) is 10.5 Å². The Morgan fingerprint density at radius 2 is 1.74 bits per heavy atom. The van der Waals surface area contributed by atoms with E-state index in [0.717, 1.165) is 22.3 Å². The molecule has 7 nitrogen and oxygen atoms in total. The first-order valence-electron chi connectivity index (χ1n) is 10.5. The van der Waals surface area contributed by atoms with E-state index in [4.69, 9.17) is 20.9 Å². The Kier molecular flexibility index (Phi) is 6.94. The number of carboxylic acid groups (broad SMARTS) is 1. The van der Waals surface area contributed by atoms with E-state index < -0.39 is 12.1 Å². The molecule has 0 aliphatic carbocycles. The fourth-order valence-electron chi connectivity index (χ4n) is 3.46. The monoisotopic (exact) mass is 476 g/mol. The zero-order valence-corrected chi connectivity index (χ0v) is 19.0. The van der Waals surface area contributed by atoms with Crippen molar-refractivity contribution in [3.05, 3.63) is 94.7 Å². The van der Waals surface area contributed by atoms with Crippen molar-refractivity contribution >= 4 is 29.4 Å². The van der Waals surface area contributed by atoms with E-state index in [1.807, 2.05) is 48.5 Å². The van der Waals surface area contributed by atoms with Crippen LogP contribution in [0, 0.1) is 6.92 Å². The van der Waals surface area contributed by atoms with Gasteiger partial charge in [0.15, 0.2) is 5.76 Å². The van der Waals surface area contributed by atoms with Crippen LogP contribution in [0.3, 0.4) is 0 Å². The molecule has 8 heteroatoms. The van der Waals surface area contributed by atoms with Crippen LogP contribution >= 0.6 is 11.6 Å². The number of carbonyl (C=O) groups excluding carboxylic acids is 1. The molecule has 1 heterocycles. The van der Waals surface area contributed by atoms with E-state index >= 15 is 0 Å². The van der Waals surface area contributed by atoms with Gasteiger partial charge in [-0.25, -0.2) is 9.59 Å². The van der Waals surface area contributed by atoms with Crippen molar-refractivity contribution in [1.29, 1.82) is 0 Å². The van der Waals surface area contributed by atoms with Gasteiger partial charge in [0, 0.05) is 17.0 Å². The molecule has 172 valence electrons. The second kappa shape index (κ2) is 10.2. The van der Waals surface area contributed by atoms with Gasteiger partial charge in [0.05, 0.1) is 12.2 Å². The molecule has 1 aromatic heterocycles. The van der Waals surface area contributed by atoms with E-state index in [1.54, 1.807) is 31.2 Å². The molecule has 4 aromatic rings. The van der Waals surface area contributed by atoms with Crippen LogP contribution in [-0.2, 0) is 11.2 Å². The van der Waals surface area contributed by atoms with Gasteiger partial charge in [-0.1, -0.05) is 71.4 Å². The molecule has 0 bridgehead atoms. The highest BCUT2D eigenvalue weighted by Crippen LogP contribution is 2.32. The van der Waals surface area contributed by atoms with Gasteiger partial charge in [-0.2, -0.15) is 0 Å². The molecule has 4 rings (SSSR count). The summed E-state index contributed by atoms with van der Waals surface area (Å²) < 4.78 is 10.6. The van der Waals surface area contributed by atoms with Crippen LogP contribution in [0.1, 0.15) is 21.7 Å². The van der Waals surface area contributed by atoms with E-state index in [0.29, 0.717) is 28.6 Å². The number of rotatable bonds is 7. The Morgan fingerprint density at radius 3 is 2.47 bits per heavy atom. The van der Waals surface area contributed by atoms with Crippen LogP contribution < -0.4 is 5.32 Å². The summed E-state index contributed by atoms with van der Waals surface area (Å²) in [5.41, 5.74) is 4.35. The van der Waals surface area contributed by atoms with Gasteiger partial charge < -0.3 is 14.4 Å². The van der Waals surface area contributed by atoms with Crippen LogP contribution in [0.4, 0.5) is 10.5 Å². The van der Waals surface area contributed by atoms with Crippen molar-refractivity contribution in [3.63, 3.8) is 0 Å². The third-order valence-corrected chi connectivity index (χ3v) is 5.62. The highest BCUT2D eigenvalue weighted by atomic mass is 35.5. The first-order chi connectivity index (χ1) is 16.4. The third kappa shape index (κ3) is 5.27. The fraction of sp³-hybridized carbons (Fsp3) is 0.115. The highest BCUT2D eigenvalue weighted by Gasteiger charge is 2.18. The van der Waals surface area contributed by atoms with Crippen molar-refractivity contribution in [2.75, 3.05) is 11.9 Å². The minimum Gasteiger partial charge on any atom is -0.478 e. The molecule has 0 aliphatic rings. The summed E-state index contributed by atoms with van der Waals surface area (Å²) in [7, 11) is 0. The van der Waals surface area contributed by atoms with Gasteiger partial charge in [0.1, 0.15) is 11.4 Å². The minimum atomic E-state index is -0.981. The predicted molar refractivity (Wildman–Crippen MR) is 129 cm³/mol. The zero-order valence-electron chi connectivity index (χ0n) is 18.2. The molecule has 0 saturated heterocycles. The molecule has 34 heavy (non-hydrogen) atoms. The SMILES string of the molecule is Cc1onc(-c2ccc(-c3cccc(C(=O)O)c3)cc2)c1NC(=O)OCCc1ccccc1Cl. The summed E-state index contributed by atoms with van der Waals surface area (Å²) in [4.78, 5) is 23.6. The number of aromatic nitrogens is 1. The van der Waals surface area contributed by atoms with Crippen LogP contribution in [0.2, 0.25) is 5.02 Å². The van der Waals surface area contributed by atoms with Gasteiger partial charge in [-0.05, 0) is 41.8 Å². The van der Waals surface area contributed by atoms with Gasteiger partial charge in [0.25, 0.3) is 0 Å². The molecule has 0 atom stereocenters. The Morgan fingerprint density at radius 1 is 1.00 bits per heavy atom. The number of halogens is 1. The second-order valence-electron chi connectivity index (χ2n) is 7.53. The van der Waals surface area contributed by atoms with Gasteiger partial charge in [-0.3, -0.25) is 5.32 Å². The average molecular weight is 477 g/mol. The lowest BCUT2D eigenvalue weighted by Crippen LogP contribution is -2.16. The van der Waals surface area contributed by atoms with Crippen LogP contribution in [0.25, 0.3) is 22.4 Å². The van der Waals surface area contributed by atoms with E-state index in [-0.39, 0.29) is 12.2 Å². The molecule has 1 amide bonds. The number of nitrogens with zero attached hydrogens (tertiary/aromatic N) is 1. The normalized spacial score (nSPS) is 10.6. The number of amides is 1. The maximum atomic E-state index is 12.4. The number of ether oxygens (including phenoxy) is 1. The Balaban J connectivity index is 1.45. The Labute approximate surface area is 200 Å². The van der Waals surface area contributed by atoms with Gasteiger partial charge >= 0.3 is 12.1 Å². The third-order valence-electron chi connectivity index (χ3n) is 5.25. The molecule has 2 N–H and O–H groups in total. The summed E-state index contributed by atoms with van der Waals surface area (Å²) in [5.74, 6) is -0.540. The van der Waals surface area contributed by atoms with Crippen molar-refractivity contribution in [1.82, 2.24) is 5.16 Å². The van der Waals surface area contributed by atoms with E-state index in [1.165, 1.54) is 0 Å². The topological polar surface area (TPSA) is 102 Å². The van der Waals surface area contributed by atoms with Crippen molar-refractivity contribution in [2.45, 2.75) is 13.3 Å². The molecule has 0 unspecified atom stereocenters. The maximum Gasteiger partial charge on any atom is 0.411 e. The van der Waals surface area contributed by atoms with Crippen molar-refractivity contribution in [2.24, 2.45) is 0 Å².